The molecular formula is C27H25N15O3. The van der Waals surface area contributed by atoms with Crippen molar-refractivity contribution < 1.29 is 14.3 Å². The molecule has 7 rings (SSSR count). The number of esters is 1. The highest BCUT2D eigenvalue weighted by Gasteiger charge is 2.15. The van der Waals surface area contributed by atoms with E-state index in [4.69, 9.17) is 10.5 Å². The number of nitrogens with one attached hydrogen (secondary N) is 2. The van der Waals surface area contributed by atoms with Crippen LogP contribution in [0.15, 0.2) is 61.2 Å². The van der Waals surface area contributed by atoms with Crippen LogP contribution in [0.1, 0.15) is 43.5 Å². The zero-order valence-corrected chi connectivity index (χ0v) is 23.8. The minimum atomic E-state index is -0.593. The van der Waals surface area contributed by atoms with E-state index >= 15 is 0 Å². The topological polar surface area (TPSA) is 216 Å². The Labute approximate surface area is 253 Å². The van der Waals surface area contributed by atoms with Crippen LogP contribution in [-0.2, 0) is 30.9 Å². The van der Waals surface area contributed by atoms with Crippen LogP contribution in [0, 0.1) is 0 Å². The number of rotatable bonds is 2. The molecule has 0 spiro atoms. The van der Waals surface area contributed by atoms with Gasteiger partial charge in [0.15, 0.2) is 0 Å². The number of primary amides is 1. The Morgan fingerprint density at radius 1 is 0.600 bits per heavy atom. The molecule has 226 valence electrons. The lowest BCUT2D eigenvalue weighted by Gasteiger charge is -2.08. The largest absolute Gasteiger partial charge is 0.465 e. The molecule has 1 aliphatic heterocycles. The zero-order valence-electron chi connectivity index (χ0n) is 23.8. The quantitative estimate of drug-likeness (QED) is 0.217. The summed E-state index contributed by atoms with van der Waals surface area (Å²) in [6.45, 7) is 1.52. The first-order valence-electron chi connectivity index (χ1n) is 13.7. The number of hydrogen-bond acceptors (Lipinski definition) is 13. The molecule has 0 saturated carbocycles. The molecule has 1 aliphatic rings. The molecule has 12 bridgehead atoms. The number of methoxy groups -OCH3 is 1. The van der Waals surface area contributed by atoms with Crippen LogP contribution >= 0.6 is 0 Å². The molecule has 0 fully saturated rings. The minimum absolute atomic E-state index is 0.281. The van der Waals surface area contributed by atoms with Gasteiger partial charge >= 0.3 is 5.97 Å². The summed E-state index contributed by atoms with van der Waals surface area (Å²) in [4.78, 5) is 24.6. The van der Waals surface area contributed by atoms with Gasteiger partial charge in [0.1, 0.15) is 0 Å². The Bertz CT molecular complexity index is 1910. The molecule has 2 aromatic carbocycles. The number of nitrogens with two attached hydrogens (primary N) is 1. The van der Waals surface area contributed by atoms with Gasteiger partial charge in [-0.15, -0.1) is 20.4 Å². The van der Waals surface area contributed by atoms with Gasteiger partial charge < -0.3 is 21.1 Å². The monoisotopic (exact) mass is 607 g/mol. The van der Waals surface area contributed by atoms with Crippen molar-refractivity contribution in [3.8, 4) is 22.7 Å². The first-order valence-corrected chi connectivity index (χ1v) is 13.7. The fraction of sp³-hybridized carbons (Fsp3) is 0.185. The number of aromatic nitrogens is 12. The van der Waals surface area contributed by atoms with E-state index in [0.717, 1.165) is 0 Å². The summed E-state index contributed by atoms with van der Waals surface area (Å²) in [5, 5.41) is 40.5. The number of carbonyl (C=O) groups is 2. The molecule has 5 heterocycles. The highest BCUT2D eigenvalue weighted by Crippen LogP contribution is 2.20. The van der Waals surface area contributed by atoms with Gasteiger partial charge in [0.2, 0.25) is 5.91 Å². The number of ether oxygens (including phenoxy) is 1. The third-order valence-corrected chi connectivity index (χ3v) is 6.96. The summed E-state index contributed by atoms with van der Waals surface area (Å²) in [6.07, 6.45) is 7.00. The number of carbonyl (C=O) groups excluding carboxylic acids is 2. The molecule has 0 saturated heterocycles. The van der Waals surface area contributed by atoms with Gasteiger partial charge in [-0.2, -0.15) is 0 Å². The second-order valence-electron chi connectivity index (χ2n) is 10.2. The summed E-state index contributed by atoms with van der Waals surface area (Å²) < 4.78 is 11.2. The average Bonchev–Trinajstić information content (AvgIpc) is 3.88. The fourth-order valence-electron chi connectivity index (χ4n) is 4.76. The predicted molar refractivity (Wildman–Crippen MR) is 153 cm³/mol. The second-order valence-corrected chi connectivity index (χ2v) is 10.2. The minimum Gasteiger partial charge on any atom is -0.465 e. The third kappa shape index (κ3) is 5.77. The molecular weight excluding hydrogens is 582 g/mol. The first-order chi connectivity index (χ1) is 21.9. The number of fused-ring (bicyclic) bond motifs is 16. The van der Waals surface area contributed by atoms with E-state index in [1.807, 2.05) is 6.07 Å². The molecule has 18 nitrogen and oxygen atoms in total. The SMILES string of the molecule is COC(=O)c1cc2cc(c1)-n1cc(nn1)CNCc1cn(nn1)-c1cc(C(N)=O)cc(c1)-n1cc(nn1)CNCc1cn-2nn1. The van der Waals surface area contributed by atoms with Crippen LogP contribution in [-0.4, -0.2) is 79.0 Å². The highest BCUT2D eigenvalue weighted by molar-refractivity contribution is 5.94. The lowest BCUT2D eigenvalue weighted by Crippen LogP contribution is -2.13. The lowest BCUT2D eigenvalue weighted by atomic mass is 10.1. The van der Waals surface area contributed by atoms with Gasteiger partial charge in [-0.25, -0.2) is 23.5 Å². The van der Waals surface area contributed by atoms with Crippen molar-refractivity contribution in [2.24, 2.45) is 5.73 Å². The third-order valence-electron chi connectivity index (χ3n) is 6.96. The summed E-state index contributed by atoms with van der Waals surface area (Å²) >= 11 is 0. The zero-order chi connectivity index (χ0) is 30.9. The van der Waals surface area contributed by atoms with Crippen molar-refractivity contribution in [2.45, 2.75) is 26.2 Å². The lowest BCUT2D eigenvalue weighted by molar-refractivity contribution is 0.0600. The number of amides is 1. The van der Waals surface area contributed by atoms with E-state index in [0.29, 0.717) is 77.3 Å². The molecule has 45 heavy (non-hydrogen) atoms. The van der Waals surface area contributed by atoms with Gasteiger partial charge in [-0.3, -0.25) is 4.79 Å². The summed E-state index contributed by atoms with van der Waals surface area (Å²) in [5.41, 5.74) is 11.2. The number of nitrogens with zero attached hydrogens (tertiary/aromatic N) is 12. The second kappa shape index (κ2) is 11.5. The average molecular weight is 608 g/mol. The Morgan fingerprint density at radius 3 is 1.24 bits per heavy atom. The number of hydrogen-bond donors (Lipinski definition) is 3. The number of benzene rings is 2. The predicted octanol–water partition coefficient (Wildman–Crippen LogP) is -0.212. The Hall–Kier alpha value is -6.14. The fourth-order valence-corrected chi connectivity index (χ4v) is 4.76. The summed E-state index contributed by atoms with van der Waals surface area (Å²) in [7, 11) is 1.32. The maximum absolute atomic E-state index is 12.5. The smallest absolute Gasteiger partial charge is 0.338 e. The van der Waals surface area contributed by atoms with E-state index in [9.17, 15) is 9.59 Å². The van der Waals surface area contributed by atoms with Crippen molar-refractivity contribution in [3.63, 3.8) is 0 Å². The van der Waals surface area contributed by atoms with E-state index in [-0.39, 0.29) is 5.56 Å². The molecule has 18 heteroatoms. The van der Waals surface area contributed by atoms with Crippen LogP contribution in [0.25, 0.3) is 22.7 Å². The van der Waals surface area contributed by atoms with Crippen LogP contribution in [0.5, 0.6) is 0 Å². The van der Waals surface area contributed by atoms with Crippen LogP contribution < -0.4 is 16.4 Å². The van der Waals surface area contributed by atoms with Crippen molar-refractivity contribution in [1.29, 1.82) is 0 Å². The van der Waals surface area contributed by atoms with Crippen LogP contribution in [0.2, 0.25) is 0 Å². The Kier molecular flexibility index (Phi) is 7.08. The molecule has 4 N–H and O–H groups in total. The van der Waals surface area contributed by atoms with Gasteiger partial charge in [-0.1, -0.05) is 20.9 Å². The van der Waals surface area contributed by atoms with E-state index in [1.54, 1.807) is 73.8 Å². The van der Waals surface area contributed by atoms with Gasteiger partial charge in [0.05, 0.1) is 83.0 Å². The summed E-state index contributed by atoms with van der Waals surface area (Å²) in [6, 6.07) is 10.2. The molecule has 0 atom stereocenters. The van der Waals surface area contributed by atoms with Crippen molar-refractivity contribution in [1.82, 2.24) is 70.6 Å². The van der Waals surface area contributed by atoms with Crippen LogP contribution in [0.3, 0.4) is 0 Å². The molecule has 0 aliphatic carbocycles. The molecule has 0 radical (unpaired) electrons. The van der Waals surface area contributed by atoms with Gasteiger partial charge in [-0.05, 0) is 36.4 Å². The first kappa shape index (κ1) is 27.7. The van der Waals surface area contributed by atoms with Crippen LogP contribution in [0.4, 0.5) is 0 Å². The highest BCUT2D eigenvalue weighted by atomic mass is 16.5. The molecule has 1 amide bonds. The molecule has 0 unspecified atom stereocenters. The normalized spacial score (nSPS) is 13.2. The van der Waals surface area contributed by atoms with Gasteiger partial charge in [0.25, 0.3) is 0 Å². The van der Waals surface area contributed by atoms with E-state index < -0.39 is 11.9 Å². The summed E-state index contributed by atoms with van der Waals surface area (Å²) in [5.74, 6) is -1.10. The van der Waals surface area contributed by atoms with E-state index in [2.05, 4.69) is 51.9 Å². The van der Waals surface area contributed by atoms with E-state index in [1.165, 1.54) is 7.11 Å². The Morgan fingerprint density at radius 2 is 0.933 bits per heavy atom. The maximum Gasteiger partial charge on any atom is 0.338 e. The van der Waals surface area contributed by atoms with Gasteiger partial charge in [0, 0.05) is 31.7 Å². The molecule has 4 aromatic heterocycles. The Balaban J connectivity index is 1.24. The van der Waals surface area contributed by atoms with Crippen molar-refractivity contribution in [2.75, 3.05) is 7.11 Å². The van der Waals surface area contributed by atoms with Crippen molar-refractivity contribution in [3.05, 3.63) is 95.1 Å². The standard InChI is InChI=1S/C27H25N15O3/c1-45-27(44)17-4-24-7-25(5-17)42-15-21(34-38-42)11-30-9-19-13-40(36-32-19)23-3-16(26(28)43)2-22(6-23)39-12-18(31-35-39)8-29-10-20-14-41(24)37-33-20/h2-7,12-15,29-30H,8-11H2,1H3,(H2,28,43). The maximum atomic E-state index is 12.5. The molecule has 6 aromatic rings. The van der Waals surface area contributed by atoms with Crippen molar-refractivity contribution >= 4 is 11.9 Å².